The van der Waals surface area contributed by atoms with Crippen molar-refractivity contribution in [2.24, 2.45) is 0 Å². The summed E-state index contributed by atoms with van der Waals surface area (Å²) in [5.41, 5.74) is -0.709. The molecule has 0 N–H and O–H groups in total. The highest BCUT2D eigenvalue weighted by atomic mass is 19.4. The Morgan fingerprint density at radius 1 is 1.28 bits per heavy atom. The van der Waals surface area contributed by atoms with Crippen LogP contribution in [-0.2, 0) is 15.7 Å². The molecule has 0 radical (unpaired) electrons. The van der Waals surface area contributed by atoms with Gasteiger partial charge in [0.05, 0.1) is 11.7 Å². The summed E-state index contributed by atoms with van der Waals surface area (Å²) in [5, 5.41) is 4.08. The molecule has 10 heteroatoms. The molecule has 0 unspecified atom stereocenters. The molecule has 1 heterocycles. The van der Waals surface area contributed by atoms with Crippen LogP contribution in [-0.4, -0.2) is 59.0 Å². The van der Waals surface area contributed by atoms with Gasteiger partial charge in [-0.3, -0.25) is 0 Å². The number of alkyl halides is 3. The molecule has 29 heavy (non-hydrogen) atoms. The van der Waals surface area contributed by atoms with Crippen LogP contribution in [0.5, 0.6) is 5.75 Å². The number of hydrogen-bond donors (Lipinski definition) is 0. The van der Waals surface area contributed by atoms with Crippen molar-refractivity contribution >= 4 is 12.2 Å². The number of carbonyl (C=O) groups is 1. The van der Waals surface area contributed by atoms with Gasteiger partial charge in [0.1, 0.15) is 18.7 Å². The molecule has 0 atom stereocenters. The molecule has 0 saturated heterocycles. The van der Waals surface area contributed by atoms with Crippen molar-refractivity contribution in [1.29, 1.82) is 0 Å². The molecule has 0 bridgehead atoms. The minimum atomic E-state index is -4.54. The lowest BCUT2D eigenvalue weighted by molar-refractivity contribution is -0.141. The zero-order valence-corrected chi connectivity index (χ0v) is 16.6. The Kier molecular flexibility index (Phi) is 7.38. The van der Waals surface area contributed by atoms with Crippen LogP contribution in [0.4, 0.5) is 13.2 Å². The SMILES string of the molecule is CC(C)OC(=O)/C=C\n1cnc(-c2cc(OCCN(C)C)cc(C(F)(F)F)c2)n1. The molecule has 1 aromatic heterocycles. The van der Waals surface area contributed by atoms with Gasteiger partial charge in [-0.25, -0.2) is 14.5 Å². The van der Waals surface area contributed by atoms with Gasteiger partial charge in [-0.1, -0.05) is 0 Å². The smallest absolute Gasteiger partial charge is 0.416 e. The van der Waals surface area contributed by atoms with Crippen LogP contribution in [0.3, 0.4) is 0 Å². The fraction of sp³-hybridized carbons (Fsp3) is 0.421. The second-order valence-electron chi connectivity index (χ2n) is 6.75. The highest BCUT2D eigenvalue weighted by Crippen LogP contribution is 2.34. The van der Waals surface area contributed by atoms with Gasteiger partial charge in [-0.15, -0.1) is 5.10 Å². The van der Waals surface area contributed by atoms with Crippen LogP contribution in [0.25, 0.3) is 17.6 Å². The van der Waals surface area contributed by atoms with Gasteiger partial charge in [-0.2, -0.15) is 13.2 Å². The largest absolute Gasteiger partial charge is 0.492 e. The Bertz CT molecular complexity index is 861. The van der Waals surface area contributed by atoms with E-state index < -0.39 is 17.7 Å². The lowest BCUT2D eigenvalue weighted by Gasteiger charge is -2.14. The molecule has 0 fully saturated rings. The fourth-order valence-electron chi connectivity index (χ4n) is 2.21. The molecule has 2 aromatic rings. The van der Waals surface area contributed by atoms with E-state index in [0.717, 1.165) is 18.2 Å². The Labute approximate surface area is 166 Å². The van der Waals surface area contributed by atoms with Gasteiger partial charge in [0.15, 0.2) is 5.82 Å². The summed E-state index contributed by atoms with van der Waals surface area (Å²) in [6.45, 7) is 4.21. The molecule has 0 saturated carbocycles. The number of ether oxygens (including phenoxy) is 2. The molecule has 0 aliphatic heterocycles. The van der Waals surface area contributed by atoms with Gasteiger partial charge in [0, 0.05) is 24.4 Å². The monoisotopic (exact) mass is 412 g/mol. The average molecular weight is 412 g/mol. The zero-order chi connectivity index (χ0) is 21.6. The number of likely N-dealkylation sites (N-methyl/N-ethyl adjacent to an activating group) is 1. The number of hydrogen-bond acceptors (Lipinski definition) is 6. The van der Waals surface area contributed by atoms with Crippen molar-refractivity contribution in [3.05, 3.63) is 36.2 Å². The summed E-state index contributed by atoms with van der Waals surface area (Å²) in [4.78, 5) is 17.4. The zero-order valence-electron chi connectivity index (χ0n) is 16.6. The average Bonchev–Trinajstić information content (AvgIpc) is 3.07. The third kappa shape index (κ3) is 7.22. The maximum atomic E-state index is 13.3. The van der Waals surface area contributed by atoms with Crippen molar-refractivity contribution in [3.8, 4) is 17.1 Å². The number of carbonyl (C=O) groups excluding carboxylic acids is 1. The van der Waals surface area contributed by atoms with Gasteiger partial charge in [0.25, 0.3) is 0 Å². The van der Waals surface area contributed by atoms with Crippen molar-refractivity contribution in [2.75, 3.05) is 27.2 Å². The van der Waals surface area contributed by atoms with Crippen molar-refractivity contribution in [1.82, 2.24) is 19.7 Å². The molecular formula is C19H23F3N4O3. The molecular weight excluding hydrogens is 389 g/mol. The van der Waals surface area contributed by atoms with E-state index >= 15 is 0 Å². The van der Waals surface area contributed by atoms with Crippen LogP contribution in [0.1, 0.15) is 19.4 Å². The molecule has 7 nitrogen and oxygen atoms in total. The first kappa shape index (κ1) is 22.4. The molecule has 0 aliphatic carbocycles. The fourth-order valence-corrected chi connectivity index (χ4v) is 2.21. The molecule has 158 valence electrons. The predicted octanol–water partition coefficient (Wildman–Crippen LogP) is 3.33. The maximum absolute atomic E-state index is 13.3. The number of rotatable bonds is 8. The quantitative estimate of drug-likeness (QED) is 0.489. The van der Waals surface area contributed by atoms with E-state index in [1.165, 1.54) is 23.3 Å². The molecule has 0 spiro atoms. The minimum Gasteiger partial charge on any atom is -0.492 e. The topological polar surface area (TPSA) is 69.5 Å². The van der Waals surface area contributed by atoms with Crippen molar-refractivity contribution in [2.45, 2.75) is 26.1 Å². The van der Waals surface area contributed by atoms with E-state index in [1.54, 1.807) is 13.8 Å². The van der Waals surface area contributed by atoms with E-state index in [-0.39, 0.29) is 29.8 Å². The summed E-state index contributed by atoms with van der Waals surface area (Å²) < 4.78 is 51.4. The Morgan fingerprint density at radius 3 is 2.62 bits per heavy atom. The standard InChI is InChI=1S/C19H23F3N4O3/c1-13(2)29-17(27)5-6-26-12-23-18(24-26)14-9-15(19(20,21)22)11-16(10-14)28-8-7-25(3)4/h5-6,9-13H,7-8H2,1-4H3/b6-5-. The highest BCUT2D eigenvalue weighted by Gasteiger charge is 2.32. The minimum absolute atomic E-state index is 0.0652. The second-order valence-corrected chi connectivity index (χ2v) is 6.75. The van der Waals surface area contributed by atoms with Gasteiger partial charge in [-0.05, 0) is 46.1 Å². The first-order chi connectivity index (χ1) is 13.5. The van der Waals surface area contributed by atoms with E-state index in [9.17, 15) is 18.0 Å². The number of nitrogens with zero attached hydrogens (tertiary/aromatic N) is 4. The summed E-state index contributed by atoms with van der Waals surface area (Å²) in [7, 11) is 3.67. The Morgan fingerprint density at radius 2 is 2.00 bits per heavy atom. The number of halogens is 3. The normalized spacial score (nSPS) is 12.2. The molecule has 2 rings (SSSR count). The van der Waals surface area contributed by atoms with E-state index in [1.807, 2.05) is 19.0 Å². The number of esters is 1. The predicted molar refractivity (Wildman–Crippen MR) is 101 cm³/mol. The van der Waals surface area contributed by atoms with Crippen LogP contribution in [0, 0.1) is 0 Å². The number of benzene rings is 1. The van der Waals surface area contributed by atoms with Crippen molar-refractivity contribution in [3.63, 3.8) is 0 Å². The van der Waals surface area contributed by atoms with Gasteiger partial charge in [0.2, 0.25) is 0 Å². The van der Waals surface area contributed by atoms with Crippen LogP contribution in [0.15, 0.2) is 30.6 Å². The third-order valence-corrected chi connectivity index (χ3v) is 3.52. The maximum Gasteiger partial charge on any atom is 0.416 e. The van der Waals surface area contributed by atoms with Crippen LogP contribution >= 0.6 is 0 Å². The first-order valence-corrected chi connectivity index (χ1v) is 8.84. The highest BCUT2D eigenvalue weighted by molar-refractivity contribution is 5.85. The van der Waals surface area contributed by atoms with Gasteiger partial charge < -0.3 is 14.4 Å². The lowest BCUT2D eigenvalue weighted by atomic mass is 10.1. The van der Waals surface area contributed by atoms with E-state index in [2.05, 4.69) is 10.1 Å². The molecule has 1 aromatic carbocycles. The van der Waals surface area contributed by atoms with Gasteiger partial charge >= 0.3 is 12.1 Å². The van der Waals surface area contributed by atoms with Crippen LogP contribution < -0.4 is 4.74 Å². The summed E-state index contributed by atoms with van der Waals surface area (Å²) in [6.07, 6.45) is -1.07. The second kappa shape index (κ2) is 9.55. The van der Waals surface area contributed by atoms with E-state index in [0.29, 0.717) is 6.54 Å². The lowest BCUT2D eigenvalue weighted by Crippen LogP contribution is -2.19. The number of aromatic nitrogens is 3. The van der Waals surface area contributed by atoms with E-state index in [4.69, 9.17) is 9.47 Å². The summed E-state index contributed by atoms with van der Waals surface area (Å²) in [6, 6.07) is 3.34. The van der Waals surface area contributed by atoms with Crippen LogP contribution in [0.2, 0.25) is 0 Å². The molecule has 0 amide bonds. The summed E-state index contributed by atoms with van der Waals surface area (Å²) >= 11 is 0. The summed E-state index contributed by atoms with van der Waals surface area (Å²) in [5.74, 6) is -0.424. The first-order valence-electron chi connectivity index (χ1n) is 8.84. The Balaban J connectivity index is 2.25. The molecule has 0 aliphatic rings. The Hall–Kier alpha value is -2.88. The third-order valence-electron chi connectivity index (χ3n) is 3.52. The van der Waals surface area contributed by atoms with Crippen molar-refractivity contribution < 1.29 is 27.4 Å².